The normalized spacial score (nSPS) is 10.3. The third kappa shape index (κ3) is 4.15. The summed E-state index contributed by atoms with van der Waals surface area (Å²) in [5.74, 6) is 1.24. The van der Waals surface area contributed by atoms with Crippen molar-refractivity contribution in [1.29, 1.82) is 0 Å². The number of nitrogens with zero attached hydrogens (tertiary/aromatic N) is 4. The lowest BCUT2D eigenvalue weighted by Gasteiger charge is -2.08. The molecule has 0 aliphatic carbocycles. The van der Waals surface area contributed by atoms with E-state index in [0.29, 0.717) is 30.8 Å². The van der Waals surface area contributed by atoms with Gasteiger partial charge in [-0.3, -0.25) is 4.98 Å². The highest BCUT2D eigenvalue weighted by atomic mass is 16.5. The number of anilines is 1. The third-order valence-electron chi connectivity index (χ3n) is 2.54. The number of ether oxygens (including phenoxy) is 1. The van der Waals surface area contributed by atoms with Gasteiger partial charge in [-0.15, -0.1) is 0 Å². The van der Waals surface area contributed by atoms with Crippen LogP contribution in [0.15, 0.2) is 24.5 Å². The fourth-order valence-corrected chi connectivity index (χ4v) is 1.66. The van der Waals surface area contributed by atoms with Gasteiger partial charge in [0.25, 0.3) is 0 Å². The van der Waals surface area contributed by atoms with E-state index >= 15 is 0 Å². The maximum Gasteiger partial charge on any atom is 0.321 e. The van der Waals surface area contributed by atoms with Crippen LogP contribution in [0.5, 0.6) is 6.01 Å². The molecule has 0 aromatic carbocycles. The summed E-state index contributed by atoms with van der Waals surface area (Å²) < 4.78 is 5.51. The minimum absolute atomic E-state index is 0.377. The molecule has 0 aliphatic rings. The molecule has 0 saturated carbocycles. The van der Waals surface area contributed by atoms with E-state index in [1.807, 2.05) is 26.0 Å². The molecule has 2 rings (SSSR count). The Balaban J connectivity index is 2.19. The Labute approximate surface area is 118 Å². The molecule has 0 fully saturated rings. The Kier molecular flexibility index (Phi) is 5.23. The first-order chi connectivity index (χ1) is 9.81. The molecule has 1 N–H and O–H groups in total. The van der Waals surface area contributed by atoms with Gasteiger partial charge in [-0.2, -0.15) is 15.0 Å². The predicted molar refractivity (Wildman–Crippen MR) is 76.8 cm³/mol. The summed E-state index contributed by atoms with van der Waals surface area (Å²) in [6.07, 6.45) is 5.07. The Hall–Kier alpha value is -2.24. The summed E-state index contributed by atoms with van der Waals surface area (Å²) in [5.41, 5.74) is 1.11. The zero-order valence-electron chi connectivity index (χ0n) is 11.8. The van der Waals surface area contributed by atoms with Gasteiger partial charge in [0.05, 0.1) is 6.61 Å². The van der Waals surface area contributed by atoms with Crippen LogP contribution in [0.3, 0.4) is 0 Å². The summed E-state index contributed by atoms with van der Waals surface area (Å²) >= 11 is 0. The van der Waals surface area contributed by atoms with Gasteiger partial charge in [0.1, 0.15) is 5.82 Å². The number of pyridine rings is 1. The molecule has 0 radical (unpaired) electrons. The molecule has 0 amide bonds. The molecular formula is C14H19N5O. The van der Waals surface area contributed by atoms with E-state index in [9.17, 15) is 0 Å². The standard InChI is InChI=1S/C14H19N5O/c1-3-9-20-14-18-12(17-13(19-14)16-4-2)10-11-5-7-15-8-6-11/h5-8H,3-4,9-10H2,1-2H3,(H,16,17,18,19). The number of aromatic nitrogens is 4. The van der Waals surface area contributed by atoms with E-state index in [1.165, 1.54) is 0 Å². The predicted octanol–water partition coefficient (Wildman–Crippen LogP) is 2.08. The van der Waals surface area contributed by atoms with Gasteiger partial charge in [-0.25, -0.2) is 0 Å². The van der Waals surface area contributed by atoms with Crippen LogP contribution >= 0.6 is 0 Å². The molecule has 0 aliphatic heterocycles. The first kappa shape index (κ1) is 14.2. The van der Waals surface area contributed by atoms with Crippen molar-refractivity contribution in [2.45, 2.75) is 26.7 Å². The van der Waals surface area contributed by atoms with Gasteiger partial charge >= 0.3 is 6.01 Å². The summed E-state index contributed by atoms with van der Waals surface area (Å²) in [4.78, 5) is 17.0. The summed E-state index contributed by atoms with van der Waals surface area (Å²) in [5, 5.41) is 3.10. The van der Waals surface area contributed by atoms with E-state index in [0.717, 1.165) is 18.5 Å². The van der Waals surface area contributed by atoms with E-state index in [2.05, 4.69) is 25.3 Å². The lowest BCUT2D eigenvalue weighted by atomic mass is 10.2. The molecule has 2 heterocycles. The average molecular weight is 273 g/mol. The maximum absolute atomic E-state index is 5.51. The minimum Gasteiger partial charge on any atom is -0.463 e. The van der Waals surface area contributed by atoms with Crippen LogP contribution in [0.1, 0.15) is 31.7 Å². The number of rotatable bonds is 7. The Bertz CT molecular complexity index is 532. The van der Waals surface area contributed by atoms with Gasteiger partial charge in [-0.05, 0) is 31.0 Å². The van der Waals surface area contributed by atoms with Crippen molar-refractivity contribution in [2.24, 2.45) is 0 Å². The molecular weight excluding hydrogens is 254 g/mol. The van der Waals surface area contributed by atoms with Crippen LogP contribution in [-0.2, 0) is 6.42 Å². The average Bonchev–Trinajstić information content (AvgIpc) is 2.46. The van der Waals surface area contributed by atoms with E-state index in [1.54, 1.807) is 12.4 Å². The molecule has 2 aromatic heterocycles. The first-order valence-corrected chi connectivity index (χ1v) is 6.82. The second-order valence-electron chi connectivity index (χ2n) is 4.27. The monoisotopic (exact) mass is 273 g/mol. The number of hydrogen-bond acceptors (Lipinski definition) is 6. The Morgan fingerprint density at radius 1 is 1.10 bits per heavy atom. The van der Waals surface area contributed by atoms with Crippen molar-refractivity contribution in [3.05, 3.63) is 35.9 Å². The molecule has 0 atom stereocenters. The highest BCUT2D eigenvalue weighted by Gasteiger charge is 2.07. The van der Waals surface area contributed by atoms with E-state index < -0.39 is 0 Å². The van der Waals surface area contributed by atoms with Crippen LogP contribution in [-0.4, -0.2) is 33.1 Å². The van der Waals surface area contributed by atoms with Crippen molar-refractivity contribution < 1.29 is 4.74 Å². The third-order valence-corrected chi connectivity index (χ3v) is 2.54. The topological polar surface area (TPSA) is 72.8 Å². The second kappa shape index (κ2) is 7.37. The van der Waals surface area contributed by atoms with Crippen LogP contribution in [0.4, 0.5) is 5.95 Å². The molecule has 20 heavy (non-hydrogen) atoms. The van der Waals surface area contributed by atoms with Gasteiger partial charge in [0, 0.05) is 25.4 Å². The van der Waals surface area contributed by atoms with Crippen LogP contribution < -0.4 is 10.1 Å². The van der Waals surface area contributed by atoms with Gasteiger partial charge in [-0.1, -0.05) is 6.92 Å². The van der Waals surface area contributed by atoms with Gasteiger partial charge in [0.15, 0.2) is 0 Å². The highest BCUT2D eigenvalue weighted by Crippen LogP contribution is 2.11. The van der Waals surface area contributed by atoms with E-state index in [-0.39, 0.29) is 0 Å². The lowest BCUT2D eigenvalue weighted by Crippen LogP contribution is -2.10. The molecule has 0 spiro atoms. The molecule has 0 unspecified atom stereocenters. The van der Waals surface area contributed by atoms with Crippen LogP contribution in [0, 0.1) is 0 Å². The summed E-state index contributed by atoms with van der Waals surface area (Å²) in [6, 6.07) is 4.27. The fraction of sp³-hybridized carbons (Fsp3) is 0.429. The fourth-order valence-electron chi connectivity index (χ4n) is 1.66. The zero-order valence-corrected chi connectivity index (χ0v) is 11.8. The van der Waals surface area contributed by atoms with Crippen molar-refractivity contribution in [2.75, 3.05) is 18.5 Å². The quantitative estimate of drug-likeness (QED) is 0.832. The molecule has 106 valence electrons. The Morgan fingerprint density at radius 2 is 1.90 bits per heavy atom. The second-order valence-corrected chi connectivity index (χ2v) is 4.27. The van der Waals surface area contributed by atoms with Crippen molar-refractivity contribution in [3.8, 4) is 6.01 Å². The van der Waals surface area contributed by atoms with Crippen molar-refractivity contribution in [3.63, 3.8) is 0 Å². The van der Waals surface area contributed by atoms with Crippen molar-refractivity contribution >= 4 is 5.95 Å². The van der Waals surface area contributed by atoms with Crippen molar-refractivity contribution in [1.82, 2.24) is 19.9 Å². The van der Waals surface area contributed by atoms with E-state index in [4.69, 9.17) is 4.74 Å². The SMILES string of the molecule is CCCOc1nc(Cc2ccncc2)nc(NCC)n1. The molecule has 0 bridgehead atoms. The minimum atomic E-state index is 0.377. The first-order valence-electron chi connectivity index (χ1n) is 6.82. The number of hydrogen-bond donors (Lipinski definition) is 1. The highest BCUT2D eigenvalue weighted by molar-refractivity contribution is 5.27. The van der Waals surface area contributed by atoms with Gasteiger partial charge < -0.3 is 10.1 Å². The molecule has 6 nitrogen and oxygen atoms in total. The summed E-state index contributed by atoms with van der Waals surface area (Å²) in [7, 11) is 0. The molecule has 2 aromatic rings. The molecule has 6 heteroatoms. The molecule has 0 saturated heterocycles. The zero-order chi connectivity index (χ0) is 14.2. The van der Waals surface area contributed by atoms with Crippen LogP contribution in [0.2, 0.25) is 0 Å². The Morgan fingerprint density at radius 3 is 2.60 bits per heavy atom. The largest absolute Gasteiger partial charge is 0.463 e. The van der Waals surface area contributed by atoms with Crippen LogP contribution in [0.25, 0.3) is 0 Å². The van der Waals surface area contributed by atoms with Gasteiger partial charge in [0.2, 0.25) is 5.95 Å². The smallest absolute Gasteiger partial charge is 0.321 e. The lowest BCUT2D eigenvalue weighted by molar-refractivity contribution is 0.290. The maximum atomic E-state index is 5.51. The summed E-state index contributed by atoms with van der Waals surface area (Å²) in [6.45, 7) is 5.40. The number of nitrogens with one attached hydrogen (secondary N) is 1.